The van der Waals surface area contributed by atoms with Crippen molar-refractivity contribution in [2.45, 2.75) is 18.9 Å². The molecule has 1 N–H and O–H groups in total. The molecule has 1 heterocycles. The van der Waals surface area contributed by atoms with Crippen LogP contribution in [-0.2, 0) is 0 Å². The summed E-state index contributed by atoms with van der Waals surface area (Å²) in [5, 5.41) is 3.17. The highest BCUT2D eigenvalue weighted by atomic mass is 79.9. The van der Waals surface area contributed by atoms with Crippen LogP contribution in [0, 0.1) is 5.92 Å². The Hall–Kier alpha value is -0.880. The van der Waals surface area contributed by atoms with Crippen LogP contribution in [0.1, 0.15) is 12.8 Å². The van der Waals surface area contributed by atoms with Crippen LogP contribution in [0.2, 0.25) is 0 Å². The van der Waals surface area contributed by atoms with Gasteiger partial charge in [0.1, 0.15) is 6.10 Å². The topological polar surface area (TPSA) is 56.3 Å². The molecule has 1 aromatic rings. The first-order valence-corrected chi connectivity index (χ1v) is 6.40. The summed E-state index contributed by atoms with van der Waals surface area (Å²) in [4.78, 5) is 8.27. The normalized spacial score (nSPS) is 23.0. The standard InChI is InChI=1S/C11H16BrN3O2/c1-13-5-7-3-8(4-7)17-11-14-6-9(12)10(15-11)16-2/h6-8,13H,3-5H2,1-2H3. The highest BCUT2D eigenvalue weighted by Crippen LogP contribution is 2.31. The molecule has 6 heteroatoms. The Labute approximate surface area is 109 Å². The molecule has 0 unspecified atom stereocenters. The minimum atomic E-state index is 0.235. The van der Waals surface area contributed by atoms with Crippen LogP contribution in [-0.4, -0.2) is 36.8 Å². The number of aromatic nitrogens is 2. The monoisotopic (exact) mass is 301 g/mol. The van der Waals surface area contributed by atoms with Gasteiger partial charge in [0.25, 0.3) is 0 Å². The maximum atomic E-state index is 5.67. The first-order valence-electron chi connectivity index (χ1n) is 5.60. The number of hydrogen-bond donors (Lipinski definition) is 1. The number of nitrogens with zero attached hydrogens (tertiary/aromatic N) is 2. The van der Waals surface area contributed by atoms with E-state index in [4.69, 9.17) is 9.47 Å². The van der Waals surface area contributed by atoms with E-state index in [0.29, 0.717) is 17.8 Å². The molecule has 0 aromatic carbocycles. The highest BCUT2D eigenvalue weighted by Gasteiger charge is 2.30. The molecule has 0 radical (unpaired) electrons. The second-order valence-corrected chi connectivity index (χ2v) is 5.00. The van der Waals surface area contributed by atoms with E-state index in [2.05, 4.69) is 31.2 Å². The summed E-state index contributed by atoms with van der Waals surface area (Å²) in [6, 6.07) is 0.387. The summed E-state index contributed by atoms with van der Waals surface area (Å²) < 4.78 is 11.5. The molecule has 17 heavy (non-hydrogen) atoms. The van der Waals surface area contributed by atoms with Crippen LogP contribution in [0.5, 0.6) is 11.9 Å². The SMILES string of the molecule is CNCC1CC(Oc2ncc(Br)c(OC)n2)C1. The Morgan fingerprint density at radius 3 is 2.94 bits per heavy atom. The lowest BCUT2D eigenvalue weighted by Gasteiger charge is -2.34. The first kappa shape index (κ1) is 12.6. The van der Waals surface area contributed by atoms with Gasteiger partial charge in [-0.2, -0.15) is 4.98 Å². The largest absolute Gasteiger partial charge is 0.480 e. The van der Waals surface area contributed by atoms with Crippen LogP contribution >= 0.6 is 15.9 Å². The molecule has 0 saturated heterocycles. The number of halogens is 1. The van der Waals surface area contributed by atoms with Crippen LogP contribution in [0.3, 0.4) is 0 Å². The van der Waals surface area contributed by atoms with Crippen molar-refractivity contribution in [3.63, 3.8) is 0 Å². The smallest absolute Gasteiger partial charge is 0.320 e. The summed E-state index contributed by atoms with van der Waals surface area (Å²) in [6.45, 7) is 1.05. The van der Waals surface area contributed by atoms with E-state index >= 15 is 0 Å². The third kappa shape index (κ3) is 3.07. The first-order chi connectivity index (χ1) is 8.22. The molecule has 1 aromatic heterocycles. The molecule has 1 saturated carbocycles. The average molecular weight is 302 g/mol. The van der Waals surface area contributed by atoms with Crippen LogP contribution < -0.4 is 14.8 Å². The predicted octanol–water partition coefficient (Wildman–Crippen LogP) is 1.62. The van der Waals surface area contributed by atoms with Gasteiger partial charge in [0, 0.05) is 0 Å². The van der Waals surface area contributed by atoms with Crippen molar-refractivity contribution in [2.75, 3.05) is 20.7 Å². The Morgan fingerprint density at radius 1 is 1.53 bits per heavy atom. The van der Waals surface area contributed by atoms with Gasteiger partial charge >= 0.3 is 6.01 Å². The fraction of sp³-hybridized carbons (Fsp3) is 0.636. The Kier molecular flexibility index (Phi) is 4.17. The van der Waals surface area contributed by atoms with E-state index in [1.807, 2.05) is 7.05 Å². The van der Waals surface area contributed by atoms with Crippen molar-refractivity contribution in [2.24, 2.45) is 5.92 Å². The van der Waals surface area contributed by atoms with Crippen molar-refractivity contribution in [3.8, 4) is 11.9 Å². The lowest BCUT2D eigenvalue weighted by molar-refractivity contribution is 0.0566. The number of methoxy groups -OCH3 is 1. The van der Waals surface area contributed by atoms with Gasteiger partial charge in [-0.05, 0) is 48.3 Å². The quantitative estimate of drug-likeness (QED) is 0.896. The van der Waals surface area contributed by atoms with Gasteiger partial charge in [0.15, 0.2) is 0 Å². The Balaban J connectivity index is 1.88. The van der Waals surface area contributed by atoms with Gasteiger partial charge in [0.2, 0.25) is 5.88 Å². The fourth-order valence-electron chi connectivity index (χ4n) is 1.91. The Morgan fingerprint density at radius 2 is 2.29 bits per heavy atom. The number of nitrogens with one attached hydrogen (secondary N) is 1. The summed E-state index contributed by atoms with van der Waals surface area (Å²) in [5.74, 6) is 1.21. The van der Waals surface area contributed by atoms with E-state index in [1.54, 1.807) is 13.3 Å². The van der Waals surface area contributed by atoms with Crippen LogP contribution in [0.15, 0.2) is 10.7 Å². The molecule has 1 aliphatic carbocycles. The van der Waals surface area contributed by atoms with E-state index in [-0.39, 0.29) is 6.10 Å². The summed E-state index contributed by atoms with van der Waals surface area (Å²) in [6.07, 6.45) is 4.00. The Bertz CT molecular complexity index is 383. The molecule has 5 nitrogen and oxygen atoms in total. The lowest BCUT2D eigenvalue weighted by atomic mass is 9.82. The van der Waals surface area contributed by atoms with Gasteiger partial charge in [-0.3, -0.25) is 0 Å². The second-order valence-electron chi connectivity index (χ2n) is 4.14. The molecule has 94 valence electrons. The van der Waals surface area contributed by atoms with Crippen molar-refractivity contribution >= 4 is 15.9 Å². The zero-order valence-corrected chi connectivity index (χ0v) is 11.5. The van der Waals surface area contributed by atoms with E-state index in [0.717, 1.165) is 23.9 Å². The highest BCUT2D eigenvalue weighted by molar-refractivity contribution is 9.10. The summed E-state index contributed by atoms with van der Waals surface area (Å²) in [5.41, 5.74) is 0. The molecule has 0 atom stereocenters. The molecule has 2 rings (SSSR count). The number of hydrogen-bond acceptors (Lipinski definition) is 5. The third-order valence-electron chi connectivity index (χ3n) is 2.84. The van der Waals surface area contributed by atoms with Crippen molar-refractivity contribution < 1.29 is 9.47 Å². The molecule has 0 bridgehead atoms. The van der Waals surface area contributed by atoms with E-state index < -0.39 is 0 Å². The van der Waals surface area contributed by atoms with Gasteiger partial charge < -0.3 is 14.8 Å². The molecular weight excluding hydrogens is 286 g/mol. The van der Waals surface area contributed by atoms with Gasteiger partial charge in [-0.15, -0.1) is 0 Å². The molecule has 1 aliphatic rings. The summed E-state index contributed by atoms with van der Waals surface area (Å²) in [7, 11) is 3.54. The average Bonchev–Trinajstić information content (AvgIpc) is 2.28. The molecule has 0 aliphatic heterocycles. The zero-order chi connectivity index (χ0) is 12.3. The van der Waals surface area contributed by atoms with Crippen molar-refractivity contribution in [3.05, 3.63) is 10.7 Å². The maximum absolute atomic E-state index is 5.67. The molecule has 1 fully saturated rings. The summed E-state index contributed by atoms with van der Waals surface area (Å²) >= 11 is 3.30. The predicted molar refractivity (Wildman–Crippen MR) is 67.4 cm³/mol. The van der Waals surface area contributed by atoms with Gasteiger partial charge in [-0.1, -0.05) is 0 Å². The number of ether oxygens (including phenoxy) is 2. The van der Waals surface area contributed by atoms with Crippen LogP contribution in [0.4, 0.5) is 0 Å². The lowest BCUT2D eigenvalue weighted by Crippen LogP contribution is -2.39. The van der Waals surface area contributed by atoms with Crippen molar-refractivity contribution in [1.82, 2.24) is 15.3 Å². The van der Waals surface area contributed by atoms with Crippen LogP contribution in [0.25, 0.3) is 0 Å². The fourth-order valence-corrected chi connectivity index (χ4v) is 2.26. The molecule has 0 spiro atoms. The molecular formula is C11H16BrN3O2. The van der Waals surface area contributed by atoms with Gasteiger partial charge in [-0.25, -0.2) is 4.98 Å². The van der Waals surface area contributed by atoms with Gasteiger partial charge in [0.05, 0.1) is 17.8 Å². The maximum Gasteiger partial charge on any atom is 0.320 e. The third-order valence-corrected chi connectivity index (χ3v) is 3.38. The zero-order valence-electron chi connectivity index (χ0n) is 9.94. The minimum Gasteiger partial charge on any atom is -0.480 e. The number of rotatable bonds is 5. The minimum absolute atomic E-state index is 0.235. The molecule has 0 amide bonds. The van der Waals surface area contributed by atoms with Crippen molar-refractivity contribution in [1.29, 1.82) is 0 Å². The van der Waals surface area contributed by atoms with E-state index in [9.17, 15) is 0 Å². The van der Waals surface area contributed by atoms with E-state index in [1.165, 1.54) is 0 Å². The second kappa shape index (κ2) is 5.64.